The van der Waals surface area contributed by atoms with Crippen molar-refractivity contribution in [3.8, 4) is 11.3 Å². The molecule has 0 bridgehead atoms. The molecule has 0 unspecified atom stereocenters. The fourth-order valence-electron chi connectivity index (χ4n) is 1.64. The van der Waals surface area contributed by atoms with E-state index in [9.17, 15) is 0 Å². The lowest BCUT2D eigenvalue weighted by atomic mass is 10.2. The van der Waals surface area contributed by atoms with E-state index < -0.39 is 0 Å². The topological polar surface area (TPSA) is 34.1 Å². The van der Waals surface area contributed by atoms with Crippen LogP contribution in [0.3, 0.4) is 0 Å². The molecular formula is C13H15ClN2OS. The number of aromatic nitrogens is 1. The van der Waals surface area contributed by atoms with Gasteiger partial charge in [0.25, 0.3) is 0 Å². The maximum absolute atomic E-state index is 6.15. The van der Waals surface area contributed by atoms with E-state index in [-0.39, 0.29) is 6.04 Å². The highest BCUT2D eigenvalue weighted by Gasteiger charge is 2.09. The molecule has 0 radical (unpaired) electrons. The smallest absolute Gasteiger partial charge is 0.183 e. The second-order valence-electron chi connectivity index (χ2n) is 4.02. The minimum absolute atomic E-state index is 0.236. The van der Waals surface area contributed by atoms with Crippen molar-refractivity contribution in [3.05, 3.63) is 34.7 Å². The van der Waals surface area contributed by atoms with Gasteiger partial charge in [0.2, 0.25) is 0 Å². The monoisotopic (exact) mass is 282 g/mol. The molecule has 1 aromatic carbocycles. The van der Waals surface area contributed by atoms with Gasteiger partial charge in [-0.15, -0.1) is 11.3 Å². The van der Waals surface area contributed by atoms with Gasteiger partial charge in [-0.1, -0.05) is 29.8 Å². The van der Waals surface area contributed by atoms with E-state index in [0.717, 1.165) is 21.4 Å². The molecule has 0 spiro atoms. The summed E-state index contributed by atoms with van der Waals surface area (Å²) in [6.07, 6.45) is 0. The van der Waals surface area contributed by atoms with Crippen molar-refractivity contribution in [2.75, 3.05) is 19.0 Å². The molecule has 3 nitrogen and oxygen atoms in total. The lowest BCUT2D eigenvalue weighted by molar-refractivity contribution is 0.190. The van der Waals surface area contributed by atoms with Gasteiger partial charge in [-0.25, -0.2) is 4.98 Å². The van der Waals surface area contributed by atoms with E-state index >= 15 is 0 Å². The summed E-state index contributed by atoms with van der Waals surface area (Å²) in [5, 5.41) is 6.90. The summed E-state index contributed by atoms with van der Waals surface area (Å²) in [6.45, 7) is 2.71. The maximum atomic E-state index is 6.15. The third-order valence-corrected chi connectivity index (χ3v) is 3.54. The molecule has 2 rings (SSSR count). The van der Waals surface area contributed by atoms with Crippen molar-refractivity contribution < 1.29 is 4.74 Å². The highest BCUT2D eigenvalue weighted by molar-refractivity contribution is 7.14. The molecule has 1 heterocycles. The van der Waals surface area contributed by atoms with Gasteiger partial charge < -0.3 is 10.1 Å². The number of rotatable bonds is 5. The van der Waals surface area contributed by atoms with Crippen LogP contribution in [0.25, 0.3) is 11.3 Å². The Kier molecular flexibility index (Phi) is 4.58. The first-order valence-corrected chi connectivity index (χ1v) is 6.92. The number of methoxy groups -OCH3 is 1. The van der Waals surface area contributed by atoms with Gasteiger partial charge in [-0.05, 0) is 13.0 Å². The maximum Gasteiger partial charge on any atom is 0.183 e. The van der Waals surface area contributed by atoms with Gasteiger partial charge in [0.05, 0.1) is 12.3 Å². The summed E-state index contributed by atoms with van der Waals surface area (Å²) in [5.74, 6) is 0. The van der Waals surface area contributed by atoms with E-state index in [4.69, 9.17) is 16.3 Å². The number of nitrogens with one attached hydrogen (secondary N) is 1. The Hall–Kier alpha value is -1.10. The first-order chi connectivity index (χ1) is 8.70. The molecule has 96 valence electrons. The number of halogens is 1. The van der Waals surface area contributed by atoms with Crippen LogP contribution in [0.4, 0.5) is 5.13 Å². The standard InChI is InChI=1S/C13H15ClN2OS/c1-9(7-17-2)15-13-16-12(8-18-13)10-5-3-4-6-11(10)14/h3-6,8-9H,7H2,1-2H3,(H,15,16)/t9-/m0/s1. The van der Waals surface area contributed by atoms with E-state index in [1.54, 1.807) is 18.4 Å². The SMILES string of the molecule is COC[C@H](C)Nc1nc(-c2ccccc2Cl)cs1. The summed E-state index contributed by atoms with van der Waals surface area (Å²) in [4.78, 5) is 4.53. The lowest BCUT2D eigenvalue weighted by Crippen LogP contribution is -2.20. The van der Waals surface area contributed by atoms with Crippen LogP contribution in [-0.2, 0) is 4.74 Å². The summed E-state index contributed by atoms with van der Waals surface area (Å²) in [7, 11) is 1.69. The zero-order chi connectivity index (χ0) is 13.0. The molecule has 0 aliphatic heterocycles. The second-order valence-corrected chi connectivity index (χ2v) is 5.28. The third kappa shape index (κ3) is 3.22. The van der Waals surface area contributed by atoms with Gasteiger partial charge >= 0.3 is 0 Å². The number of ether oxygens (including phenoxy) is 1. The van der Waals surface area contributed by atoms with Crippen molar-refractivity contribution in [1.29, 1.82) is 0 Å². The molecule has 0 aliphatic rings. The first-order valence-electron chi connectivity index (χ1n) is 5.66. The highest BCUT2D eigenvalue weighted by Crippen LogP contribution is 2.30. The molecule has 0 aliphatic carbocycles. The number of nitrogens with zero attached hydrogens (tertiary/aromatic N) is 1. The number of hydrogen-bond donors (Lipinski definition) is 1. The van der Waals surface area contributed by atoms with Gasteiger partial charge in [-0.3, -0.25) is 0 Å². The van der Waals surface area contributed by atoms with Gasteiger partial charge in [0.1, 0.15) is 0 Å². The normalized spacial score (nSPS) is 12.4. The summed E-state index contributed by atoms with van der Waals surface area (Å²) >= 11 is 7.72. The van der Waals surface area contributed by atoms with Gasteiger partial charge in [0.15, 0.2) is 5.13 Å². The molecule has 18 heavy (non-hydrogen) atoms. The predicted octanol–water partition coefficient (Wildman–Crippen LogP) is 3.91. The van der Waals surface area contributed by atoms with Crippen LogP contribution in [-0.4, -0.2) is 24.7 Å². The number of benzene rings is 1. The van der Waals surface area contributed by atoms with Gasteiger partial charge in [-0.2, -0.15) is 0 Å². The highest BCUT2D eigenvalue weighted by atomic mass is 35.5. The van der Waals surface area contributed by atoms with Crippen molar-refractivity contribution in [2.24, 2.45) is 0 Å². The molecule has 0 saturated heterocycles. The molecule has 1 N–H and O–H groups in total. The molecule has 5 heteroatoms. The third-order valence-electron chi connectivity index (χ3n) is 2.44. The Morgan fingerprint density at radius 2 is 2.22 bits per heavy atom. The van der Waals surface area contributed by atoms with Gasteiger partial charge in [0, 0.05) is 29.1 Å². The van der Waals surface area contributed by atoms with E-state index in [2.05, 4.69) is 17.2 Å². The Morgan fingerprint density at radius 1 is 1.44 bits per heavy atom. The van der Waals surface area contributed by atoms with Crippen molar-refractivity contribution >= 4 is 28.1 Å². The Balaban J connectivity index is 2.13. The summed E-state index contributed by atoms with van der Waals surface area (Å²) < 4.78 is 5.08. The zero-order valence-electron chi connectivity index (χ0n) is 10.3. The van der Waals surface area contributed by atoms with Crippen molar-refractivity contribution in [2.45, 2.75) is 13.0 Å². The van der Waals surface area contributed by atoms with Crippen LogP contribution in [0.5, 0.6) is 0 Å². The van der Waals surface area contributed by atoms with Crippen molar-refractivity contribution in [3.63, 3.8) is 0 Å². The van der Waals surface area contributed by atoms with E-state index in [1.807, 2.05) is 29.6 Å². The fraction of sp³-hybridized carbons (Fsp3) is 0.308. The van der Waals surface area contributed by atoms with Crippen LogP contribution in [0.2, 0.25) is 5.02 Å². The quantitative estimate of drug-likeness (QED) is 0.903. The Labute approximate surface area is 116 Å². The number of anilines is 1. The summed E-state index contributed by atoms with van der Waals surface area (Å²) in [6, 6.07) is 7.95. The first kappa shape index (κ1) is 13.3. The minimum Gasteiger partial charge on any atom is -0.383 e. The second kappa shape index (κ2) is 6.18. The largest absolute Gasteiger partial charge is 0.383 e. The van der Waals surface area contributed by atoms with Crippen molar-refractivity contribution in [1.82, 2.24) is 4.98 Å². The molecule has 1 atom stereocenters. The molecule has 0 fully saturated rings. The number of hydrogen-bond acceptors (Lipinski definition) is 4. The average molecular weight is 283 g/mol. The van der Waals surface area contributed by atoms with Crippen LogP contribution in [0.1, 0.15) is 6.92 Å². The Bertz CT molecular complexity index is 515. The predicted molar refractivity (Wildman–Crippen MR) is 77.5 cm³/mol. The molecule has 0 saturated carbocycles. The van der Waals surface area contributed by atoms with Crippen LogP contribution in [0, 0.1) is 0 Å². The summed E-state index contributed by atoms with van der Waals surface area (Å²) in [5.41, 5.74) is 1.86. The van der Waals surface area contributed by atoms with Crippen LogP contribution in [0.15, 0.2) is 29.6 Å². The van der Waals surface area contributed by atoms with Crippen LogP contribution < -0.4 is 5.32 Å². The fourth-order valence-corrected chi connectivity index (χ4v) is 2.69. The Morgan fingerprint density at radius 3 is 2.94 bits per heavy atom. The van der Waals surface area contributed by atoms with E-state index in [0.29, 0.717) is 6.61 Å². The average Bonchev–Trinajstić information content (AvgIpc) is 2.78. The molecule has 2 aromatic rings. The molecule has 1 aromatic heterocycles. The number of thiazole rings is 1. The minimum atomic E-state index is 0.236. The zero-order valence-corrected chi connectivity index (χ0v) is 11.9. The lowest BCUT2D eigenvalue weighted by Gasteiger charge is -2.10. The molecule has 0 amide bonds. The molecular weight excluding hydrogens is 268 g/mol. The van der Waals surface area contributed by atoms with E-state index in [1.165, 1.54) is 0 Å². The van der Waals surface area contributed by atoms with Crippen LogP contribution >= 0.6 is 22.9 Å².